The summed E-state index contributed by atoms with van der Waals surface area (Å²) in [7, 11) is 0. The van der Waals surface area contributed by atoms with Crippen molar-refractivity contribution in [3.8, 4) is 5.75 Å². The van der Waals surface area contributed by atoms with Gasteiger partial charge in [-0.05, 0) is 62.6 Å². The summed E-state index contributed by atoms with van der Waals surface area (Å²) in [6.45, 7) is 16.1. The van der Waals surface area contributed by atoms with Crippen molar-refractivity contribution in [2.45, 2.75) is 33.2 Å². The molecular formula is C24H29NO3. The van der Waals surface area contributed by atoms with E-state index in [1.807, 2.05) is 76.2 Å². The molecule has 0 atom stereocenters. The maximum absolute atomic E-state index is 11.9. The molecule has 0 saturated heterocycles. The summed E-state index contributed by atoms with van der Waals surface area (Å²) in [6, 6.07) is 15.5. The molecule has 1 amide bonds. The van der Waals surface area contributed by atoms with Crippen LogP contribution in [0.3, 0.4) is 0 Å². The van der Waals surface area contributed by atoms with Crippen LogP contribution in [0.15, 0.2) is 61.7 Å². The normalized spacial score (nSPS) is 11.0. The highest BCUT2D eigenvalue weighted by Gasteiger charge is 2.32. The fraction of sp³-hybridized carbons (Fsp3) is 0.292. The van der Waals surface area contributed by atoms with Gasteiger partial charge in [-0.2, -0.15) is 0 Å². The second kappa shape index (κ2) is 8.79. The first-order valence-corrected chi connectivity index (χ1v) is 9.28. The van der Waals surface area contributed by atoms with Gasteiger partial charge >= 0.3 is 6.09 Å². The Balaban J connectivity index is 2.11. The van der Waals surface area contributed by atoms with E-state index in [-0.39, 0.29) is 13.2 Å². The number of amides is 1. The maximum Gasteiger partial charge on any atom is 0.408 e. The van der Waals surface area contributed by atoms with Crippen LogP contribution in [0.5, 0.6) is 5.75 Å². The largest absolute Gasteiger partial charge is 0.492 e. The third kappa shape index (κ3) is 5.03. The molecule has 28 heavy (non-hydrogen) atoms. The Morgan fingerprint density at radius 1 is 1.04 bits per heavy atom. The number of rotatable bonds is 8. The van der Waals surface area contributed by atoms with E-state index in [2.05, 4.69) is 13.2 Å². The van der Waals surface area contributed by atoms with Crippen LogP contribution in [0, 0.1) is 0 Å². The van der Waals surface area contributed by atoms with Gasteiger partial charge in [-0.1, -0.05) is 54.6 Å². The van der Waals surface area contributed by atoms with Gasteiger partial charge in [0.2, 0.25) is 0 Å². The lowest BCUT2D eigenvalue weighted by molar-refractivity contribution is 0.0802. The van der Waals surface area contributed by atoms with E-state index >= 15 is 0 Å². The van der Waals surface area contributed by atoms with Crippen LogP contribution in [-0.4, -0.2) is 29.3 Å². The Hall–Kier alpha value is -3.01. The van der Waals surface area contributed by atoms with E-state index < -0.39 is 11.6 Å². The van der Waals surface area contributed by atoms with E-state index in [0.717, 1.165) is 27.8 Å². The van der Waals surface area contributed by atoms with E-state index in [4.69, 9.17) is 4.74 Å². The molecule has 0 bridgehead atoms. The molecular weight excluding hydrogens is 350 g/mol. The topological polar surface area (TPSA) is 49.8 Å². The van der Waals surface area contributed by atoms with Crippen LogP contribution in [0.2, 0.25) is 0 Å². The SMILES string of the molecule is C=C(C)c1ccc(OCCN(C(=O)O)C(C)(C)c2cccc(C(=C)C)c2)cc1. The smallest absolute Gasteiger partial charge is 0.408 e. The lowest BCUT2D eigenvalue weighted by Crippen LogP contribution is -2.47. The zero-order chi connectivity index (χ0) is 20.9. The maximum atomic E-state index is 11.9. The standard InChI is InChI=1S/C24H29NO3/c1-17(2)19-10-12-22(13-11-19)28-15-14-25(23(26)27)24(5,6)21-9-7-8-20(16-21)18(3)4/h7-13,16H,1,3,14-15H2,2,4-6H3,(H,26,27). The highest BCUT2D eigenvalue weighted by molar-refractivity contribution is 5.67. The van der Waals surface area contributed by atoms with Crippen molar-refractivity contribution in [2.75, 3.05) is 13.2 Å². The number of allylic oxidation sites excluding steroid dienone is 2. The van der Waals surface area contributed by atoms with Crippen LogP contribution in [0.4, 0.5) is 4.79 Å². The molecule has 0 aromatic heterocycles. The molecule has 0 aliphatic rings. The van der Waals surface area contributed by atoms with E-state index in [0.29, 0.717) is 5.75 Å². The minimum Gasteiger partial charge on any atom is -0.492 e. The number of carboxylic acid groups (broad SMARTS) is 1. The number of hydrogen-bond acceptors (Lipinski definition) is 2. The summed E-state index contributed by atoms with van der Waals surface area (Å²) in [5.41, 5.74) is 4.21. The van der Waals surface area contributed by atoms with Crippen molar-refractivity contribution < 1.29 is 14.6 Å². The second-order valence-electron chi connectivity index (χ2n) is 7.51. The van der Waals surface area contributed by atoms with Crippen molar-refractivity contribution in [1.82, 2.24) is 4.90 Å². The van der Waals surface area contributed by atoms with Crippen molar-refractivity contribution in [2.24, 2.45) is 0 Å². The highest BCUT2D eigenvalue weighted by Crippen LogP contribution is 2.30. The molecule has 0 unspecified atom stereocenters. The van der Waals surface area contributed by atoms with Crippen LogP contribution in [-0.2, 0) is 5.54 Å². The van der Waals surface area contributed by atoms with Gasteiger partial charge in [0.15, 0.2) is 0 Å². The zero-order valence-electron chi connectivity index (χ0n) is 17.2. The molecule has 0 fully saturated rings. The molecule has 0 saturated carbocycles. The van der Waals surface area contributed by atoms with E-state index in [1.165, 1.54) is 4.90 Å². The predicted octanol–water partition coefficient (Wildman–Crippen LogP) is 6.05. The number of benzene rings is 2. The highest BCUT2D eigenvalue weighted by atomic mass is 16.5. The quantitative estimate of drug-likeness (QED) is 0.608. The number of hydrogen-bond donors (Lipinski definition) is 1. The Kier molecular flexibility index (Phi) is 6.68. The van der Waals surface area contributed by atoms with Crippen LogP contribution in [0.1, 0.15) is 44.4 Å². The molecule has 2 aromatic rings. The average Bonchev–Trinajstić information content (AvgIpc) is 2.65. The third-order valence-electron chi connectivity index (χ3n) is 4.90. The van der Waals surface area contributed by atoms with Gasteiger partial charge in [-0.15, -0.1) is 0 Å². The lowest BCUT2D eigenvalue weighted by atomic mass is 9.90. The second-order valence-corrected chi connectivity index (χ2v) is 7.51. The predicted molar refractivity (Wildman–Crippen MR) is 116 cm³/mol. The fourth-order valence-corrected chi connectivity index (χ4v) is 3.03. The molecule has 0 radical (unpaired) electrons. The number of nitrogens with zero attached hydrogens (tertiary/aromatic N) is 1. The minimum atomic E-state index is -0.980. The number of ether oxygens (including phenoxy) is 1. The first-order valence-electron chi connectivity index (χ1n) is 9.28. The van der Waals surface area contributed by atoms with Crippen LogP contribution in [0.25, 0.3) is 11.1 Å². The van der Waals surface area contributed by atoms with Crippen molar-refractivity contribution in [1.29, 1.82) is 0 Å². The third-order valence-corrected chi connectivity index (χ3v) is 4.90. The average molecular weight is 380 g/mol. The first-order chi connectivity index (χ1) is 13.1. The number of carbonyl (C=O) groups is 1. The van der Waals surface area contributed by atoms with Gasteiger partial charge in [0.1, 0.15) is 12.4 Å². The summed E-state index contributed by atoms with van der Waals surface area (Å²) in [6.07, 6.45) is -0.980. The molecule has 0 aliphatic heterocycles. The Bertz CT molecular complexity index is 866. The van der Waals surface area contributed by atoms with Gasteiger partial charge in [0, 0.05) is 0 Å². The summed E-state index contributed by atoms with van der Waals surface area (Å²) in [5, 5.41) is 9.79. The van der Waals surface area contributed by atoms with Crippen molar-refractivity contribution in [3.63, 3.8) is 0 Å². The van der Waals surface area contributed by atoms with Crippen molar-refractivity contribution >= 4 is 17.2 Å². The zero-order valence-corrected chi connectivity index (χ0v) is 17.2. The van der Waals surface area contributed by atoms with Crippen molar-refractivity contribution in [3.05, 3.63) is 78.4 Å². The van der Waals surface area contributed by atoms with E-state index in [9.17, 15) is 9.90 Å². The summed E-state index contributed by atoms with van der Waals surface area (Å²) >= 11 is 0. The summed E-state index contributed by atoms with van der Waals surface area (Å²) in [5.74, 6) is 0.706. The molecule has 1 N–H and O–H groups in total. The van der Waals surface area contributed by atoms with Crippen LogP contribution >= 0.6 is 0 Å². The van der Waals surface area contributed by atoms with Gasteiger partial charge < -0.3 is 9.84 Å². The van der Waals surface area contributed by atoms with Gasteiger partial charge in [0.05, 0.1) is 12.1 Å². The molecule has 4 nitrogen and oxygen atoms in total. The molecule has 0 aliphatic carbocycles. The summed E-state index contributed by atoms with van der Waals surface area (Å²) in [4.78, 5) is 13.4. The van der Waals surface area contributed by atoms with Gasteiger partial charge in [-0.25, -0.2) is 4.79 Å². The van der Waals surface area contributed by atoms with Crippen LogP contribution < -0.4 is 4.74 Å². The van der Waals surface area contributed by atoms with Gasteiger partial charge in [0.25, 0.3) is 0 Å². The Labute approximate surface area is 167 Å². The molecule has 4 heteroatoms. The summed E-state index contributed by atoms with van der Waals surface area (Å²) < 4.78 is 5.77. The minimum absolute atomic E-state index is 0.252. The fourth-order valence-electron chi connectivity index (χ4n) is 3.03. The molecule has 0 spiro atoms. The van der Waals surface area contributed by atoms with Gasteiger partial charge in [-0.3, -0.25) is 4.90 Å². The van der Waals surface area contributed by atoms with E-state index in [1.54, 1.807) is 0 Å². The Morgan fingerprint density at radius 2 is 1.64 bits per heavy atom. The lowest BCUT2D eigenvalue weighted by Gasteiger charge is -2.37. The Morgan fingerprint density at radius 3 is 2.18 bits per heavy atom. The molecule has 0 heterocycles. The monoisotopic (exact) mass is 379 g/mol. The molecule has 148 valence electrons. The molecule has 2 aromatic carbocycles. The first kappa shape index (κ1) is 21.3. The molecule has 2 rings (SSSR count).